The number of benzene rings is 2. The highest BCUT2D eigenvalue weighted by molar-refractivity contribution is 6.09. The van der Waals surface area contributed by atoms with Gasteiger partial charge in [-0.25, -0.2) is 0 Å². The second-order valence-electron chi connectivity index (χ2n) is 8.21. The topological polar surface area (TPSA) is 108 Å². The van der Waals surface area contributed by atoms with Crippen molar-refractivity contribution >= 4 is 23.2 Å². The van der Waals surface area contributed by atoms with E-state index in [4.69, 9.17) is 9.47 Å². The quantitative estimate of drug-likeness (QED) is 0.382. The first-order chi connectivity index (χ1) is 15.8. The van der Waals surface area contributed by atoms with Gasteiger partial charge in [-0.3, -0.25) is 24.7 Å². The predicted octanol–water partition coefficient (Wildman–Crippen LogP) is 4.35. The van der Waals surface area contributed by atoms with E-state index in [1.807, 2.05) is 24.3 Å². The molecule has 0 radical (unpaired) electrons. The molecule has 1 aliphatic carbocycles. The van der Waals surface area contributed by atoms with E-state index < -0.39 is 22.7 Å². The summed E-state index contributed by atoms with van der Waals surface area (Å²) in [5.74, 6) is -1.36. The third-order valence-corrected chi connectivity index (χ3v) is 6.39. The maximum absolute atomic E-state index is 13.5. The van der Waals surface area contributed by atoms with E-state index in [0.29, 0.717) is 29.0 Å². The molecule has 0 spiro atoms. The summed E-state index contributed by atoms with van der Waals surface area (Å²) >= 11 is 0. The normalized spacial score (nSPS) is 22.3. The number of carbonyl (C=O) groups excluding carboxylic acids is 2. The second-order valence-corrected chi connectivity index (χ2v) is 8.21. The molecule has 33 heavy (non-hydrogen) atoms. The van der Waals surface area contributed by atoms with Gasteiger partial charge in [0.2, 0.25) is 0 Å². The number of nitrogens with zero attached hydrogens (tertiary/aromatic N) is 2. The molecule has 2 aromatic rings. The van der Waals surface area contributed by atoms with Crippen molar-refractivity contribution in [1.29, 1.82) is 0 Å². The van der Waals surface area contributed by atoms with E-state index >= 15 is 0 Å². The highest BCUT2D eigenvalue weighted by Crippen LogP contribution is 2.48. The number of ether oxygens (including phenoxy) is 2. The zero-order valence-corrected chi connectivity index (χ0v) is 18.6. The summed E-state index contributed by atoms with van der Waals surface area (Å²) in [5.41, 5.74) is 3.20. The Morgan fingerprint density at radius 1 is 1.09 bits per heavy atom. The molecular weight excluding hydrogens is 424 g/mol. The van der Waals surface area contributed by atoms with Gasteiger partial charge >= 0.3 is 5.97 Å². The van der Waals surface area contributed by atoms with Gasteiger partial charge in [-0.1, -0.05) is 30.3 Å². The molecule has 0 aromatic heterocycles. The maximum Gasteiger partial charge on any atom is 0.315 e. The molecule has 0 saturated carbocycles. The Morgan fingerprint density at radius 3 is 2.42 bits per heavy atom. The highest BCUT2D eigenvalue weighted by Gasteiger charge is 2.44. The molecule has 2 aromatic carbocycles. The van der Waals surface area contributed by atoms with Gasteiger partial charge in [-0.05, 0) is 30.5 Å². The number of esters is 1. The second kappa shape index (κ2) is 8.97. The SMILES string of the molecule is COC(=O)C1C(C)=NC2=C(C(=O)CC(c3ccccc3OC)C2)C1c1ccc([N+](=O)[O-])cc1. The van der Waals surface area contributed by atoms with Gasteiger partial charge in [0.05, 0.1) is 19.1 Å². The number of aliphatic imine (C=N–C) groups is 1. The monoisotopic (exact) mass is 448 g/mol. The van der Waals surface area contributed by atoms with E-state index in [1.54, 1.807) is 26.2 Å². The number of para-hydroxylation sites is 1. The summed E-state index contributed by atoms with van der Waals surface area (Å²) in [6, 6.07) is 13.6. The predicted molar refractivity (Wildman–Crippen MR) is 121 cm³/mol. The fourth-order valence-corrected chi connectivity index (χ4v) is 4.88. The first-order valence-electron chi connectivity index (χ1n) is 10.6. The fourth-order valence-electron chi connectivity index (χ4n) is 4.88. The van der Waals surface area contributed by atoms with Crippen LogP contribution < -0.4 is 4.74 Å². The smallest absolute Gasteiger partial charge is 0.315 e. The molecule has 170 valence electrons. The lowest BCUT2D eigenvalue weighted by molar-refractivity contribution is -0.384. The molecule has 0 saturated heterocycles. The van der Waals surface area contributed by atoms with Crippen molar-refractivity contribution in [3.63, 3.8) is 0 Å². The summed E-state index contributed by atoms with van der Waals surface area (Å²) in [5, 5.41) is 11.1. The molecular formula is C25H24N2O6. The number of nitro benzene ring substituents is 1. The Bertz CT molecular complexity index is 1180. The van der Waals surface area contributed by atoms with E-state index in [0.717, 1.165) is 11.3 Å². The Hall–Kier alpha value is -3.81. The lowest BCUT2D eigenvalue weighted by Crippen LogP contribution is -2.37. The largest absolute Gasteiger partial charge is 0.496 e. The third kappa shape index (κ3) is 4.04. The van der Waals surface area contributed by atoms with Gasteiger partial charge in [0.1, 0.15) is 11.7 Å². The Balaban J connectivity index is 1.81. The van der Waals surface area contributed by atoms with E-state index in [-0.39, 0.29) is 23.8 Å². The fraction of sp³-hybridized carbons (Fsp3) is 0.320. The van der Waals surface area contributed by atoms with Gasteiger partial charge in [0, 0.05) is 47.4 Å². The summed E-state index contributed by atoms with van der Waals surface area (Å²) in [4.78, 5) is 41.5. The van der Waals surface area contributed by atoms with Crippen LogP contribution in [0.3, 0.4) is 0 Å². The van der Waals surface area contributed by atoms with Crippen molar-refractivity contribution in [2.24, 2.45) is 10.9 Å². The Morgan fingerprint density at radius 2 is 1.79 bits per heavy atom. The molecule has 3 unspecified atom stereocenters. The van der Waals surface area contributed by atoms with Crippen molar-refractivity contribution in [2.75, 3.05) is 14.2 Å². The Labute approximate surface area is 191 Å². The van der Waals surface area contributed by atoms with Crippen molar-refractivity contribution in [1.82, 2.24) is 0 Å². The number of nitro groups is 1. The molecule has 3 atom stereocenters. The summed E-state index contributed by atoms with van der Waals surface area (Å²) < 4.78 is 10.5. The van der Waals surface area contributed by atoms with Crippen molar-refractivity contribution in [3.05, 3.63) is 81.0 Å². The van der Waals surface area contributed by atoms with Crippen LogP contribution in [0.25, 0.3) is 0 Å². The maximum atomic E-state index is 13.5. The van der Waals surface area contributed by atoms with Crippen LogP contribution in [0.2, 0.25) is 0 Å². The number of allylic oxidation sites excluding steroid dienone is 2. The molecule has 2 aliphatic rings. The average molecular weight is 448 g/mol. The summed E-state index contributed by atoms with van der Waals surface area (Å²) in [6.07, 6.45) is 0.779. The van der Waals surface area contributed by atoms with Gasteiger partial charge in [-0.15, -0.1) is 0 Å². The molecule has 8 heteroatoms. The number of hydrogen-bond donors (Lipinski definition) is 0. The summed E-state index contributed by atoms with van der Waals surface area (Å²) in [6.45, 7) is 1.75. The van der Waals surface area contributed by atoms with E-state index in [2.05, 4.69) is 4.99 Å². The molecule has 1 heterocycles. The van der Waals surface area contributed by atoms with Crippen LogP contribution in [0.4, 0.5) is 5.69 Å². The molecule has 4 rings (SSSR count). The molecule has 0 fully saturated rings. The lowest BCUT2D eigenvalue weighted by Gasteiger charge is -2.36. The first kappa shape index (κ1) is 22.4. The minimum absolute atomic E-state index is 0.0602. The van der Waals surface area contributed by atoms with Crippen LogP contribution in [-0.2, 0) is 14.3 Å². The summed E-state index contributed by atoms with van der Waals surface area (Å²) in [7, 11) is 2.90. The molecule has 8 nitrogen and oxygen atoms in total. The van der Waals surface area contributed by atoms with Crippen LogP contribution in [0.5, 0.6) is 5.75 Å². The van der Waals surface area contributed by atoms with Gasteiger partial charge in [-0.2, -0.15) is 0 Å². The third-order valence-electron chi connectivity index (χ3n) is 6.39. The number of carbonyl (C=O) groups is 2. The minimum atomic E-state index is -0.776. The van der Waals surface area contributed by atoms with Crippen molar-refractivity contribution in [2.45, 2.75) is 31.6 Å². The van der Waals surface area contributed by atoms with Crippen LogP contribution in [0.1, 0.15) is 42.7 Å². The zero-order valence-electron chi connectivity index (χ0n) is 18.6. The molecule has 0 bridgehead atoms. The number of ketones is 1. The van der Waals surface area contributed by atoms with Gasteiger partial charge < -0.3 is 9.47 Å². The number of methoxy groups -OCH3 is 2. The van der Waals surface area contributed by atoms with E-state index in [9.17, 15) is 19.7 Å². The lowest BCUT2D eigenvalue weighted by atomic mass is 9.69. The average Bonchev–Trinajstić information content (AvgIpc) is 2.82. The van der Waals surface area contributed by atoms with Gasteiger partial charge in [0.25, 0.3) is 5.69 Å². The zero-order chi connectivity index (χ0) is 23.7. The van der Waals surface area contributed by atoms with E-state index in [1.165, 1.54) is 19.2 Å². The van der Waals surface area contributed by atoms with Crippen LogP contribution in [0, 0.1) is 16.0 Å². The highest BCUT2D eigenvalue weighted by atomic mass is 16.6. The van der Waals surface area contributed by atoms with Crippen LogP contribution >= 0.6 is 0 Å². The van der Waals surface area contributed by atoms with Gasteiger partial charge in [0.15, 0.2) is 5.78 Å². The number of hydrogen-bond acceptors (Lipinski definition) is 7. The van der Waals surface area contributed by atoms with Crippen molar-refractivity contribution in [3.8, 4) is 5.75 Å². The molecule has 1 aliphatic heterocycles. The number of rotatable bonds is 5. The van der Waals surface area contributed by atoms with Crippen LogP contribution in [-0.4, -0.2) is 36.6 Å². The Kier molecular flexibility index (Phi) is 6.09. The molecule has 0 amide bonds. The molecule has 0 N–H and O–H groups in total. The number of non-ortho nitro benzene ring substituents is 1. The van der Waals surface area contributed by atoms with Crippen LogP contribution in [0.15, 0.2) is 64.8 Å². The first-order valence-corrected chi connectivity index (χ1v) is 10.6. The standard InChI is InChI=1S/C25H24N2O6/c1-14-22(25(29)33-3)23(15-8-10-17(11-9-15)27(30)31)24-19(26-14)12-16(13-20(24)28)18-6-4-5-7-21(18)32-2/h4-11,16,22-23H,12-13H2,1-3H3. The minimum Gasteiger partial charge on any atom is -0.496 e. The number of Topliss-reactive ketones (excluding diaryl/α,β-unsaturated/α-hetero) is 1. The van der Waals surface area contributed by atoms with Crippen molar-refractivity contribution < 1.29 is 24.0 Å².